The molecule has 1 aliphatic rings. The van der Waals surface area contributed by atoms with Crippen LogP contribution in [0.2, 0.25) is 0 Å². The van der Waals surface area contributed by atoms with Crippen LogP contribution in [0.4, 0.5) is 4.39 Å². The summed E-state index contributed by atoms with van der Waals surface area (Å²) in [6.07, 6.45) is 5.29. The van der Waals surface area contributed by atoms with Gasteiger partial charge in [-0.15, -0.1) is 0 Å². The lowest BCUT2D eigenvalue weighted by Crippen LogP contribution is -2.24. The summed E-state index contributed by atoms with van der Waals surface area (Å²) in [4.78, 5) is 0. The molecule has 0 unspecified atom stereocenters. The lowest BCUT2D eigenvalue weighted by Gasteiger charge is -2.21. The van der Waals surface area contributed by atoms with Crippen molar-refractivity contribution in [3.8, 4) is 0 Å². The minimum Gasteiger partial charge on any atom is -0.390 e. The second kappa shape index (κ2) is 4.31. The van der Waals surface area contributed by atoms with Gasteiger partial charge in [0.1, 0.15) is 5.82 Å². The molecule has 0 saturated heterocycles. The monoisotopic (exact) mass is 208 g/mol. The summed E-state index contributed by atoms with van der Waals surface area (Å²) >= 11 is 0. The van der Waals surface area contributed by atoms with Gasteiger partial charge in [0, 0.05) is 0 Å². The fourth-order valence-corrected chi connectivity index (χ4v) is 2.35. The second-order valence-corrected chi connectivity index (χ2v) is 4.52. The zero-order valence-corrected chi connectivity index (χ0v) is 8.88. The number of benzene rings is 1. The maximum absolute atomic E-state index is 13.3. The van der Waals surface area contributed by atoms with Crippen LogP contribution in [0.15, 0.2) is 24.3 Å². The normalized spacial score (nSPS) is 19.3. The van der Waals surface area contributed by atoms with Gasteiger partial charge in [0.05, 0.1) is 5.60 Å². The molecule has 1 saturated carbocycles. The predicted molar refractivity (Wildman–Crippen MR) is 58.1 cm³/mol. The fraction of sp³-hybridized carbons (Fsp3) is 0.538. The first kappa shape index (κ1) is 10.6. The molecule has 15 heavy (non-hydrogen) atoms. The second-order valence-electron chi connectivity index (χ2n) is 4.52. The zero-order chi connectivity index (χ0) is 10.7. The average Bonchev–Trinajstić information content (AvgIpc) is 2.65. The van der Waals surface area contributed by atoms with E-state index in [1.54, 1.807) is 12.1 Å². The maximum atomic E-state index is 13.3. The van der Waals surface area contributed by atoms with E-state index in [2.05, 4.69) is 0 Å². The van der Waals surface area contributed by atoms with Crippen molar-refractivity contribution in [1.29, 1.82) is 0 Å². The van der Waals surface area contributed by atoms with E-state index in [-0.39, 0.29) is 5.82 Å². The molecule has 0 aromatic heterocycles. The molecule has 0 aliphatic heterocycles. The summed E-state index contributed by atoms with van der Waals surface area (Å²) in [5.74, 6) is -0.154. The Kier molecular flexibility index (Phi) is 3.06. The first-order valence-electron chi connectivity index (χ1n) is 5.65. The Morgan fingerprint density at radius 3 is 2.53 bits per heavy atom. The smallest absolute Gasteiger partial charge is 0.126 e. The van der Waals surface area contributed by atoms with E-state index in [4.69, 9.17) is 0 Å². The van der Waals surface area contributed by atoms with E-state index in [1.165, 1.54) is 6.07 Å². The van der Waals surface area contributed by atoms with Crippen LogP contribution < -0.4 is 0 Å². The van der Waals surface area contributed by atoms with Gasteiger partial charge in [-0.25, -0.2) is 4.39 Å². The van der Waals surface area contributed by atoms with Crippen LogP contribution in [0.1, 0.15) is 37.7 Å². The number of aliphatic hydroxyl groups is 1. The van der Waals surface area contributed by atoms with Crippen molar-refractivity contribution in [2.75, 3.05) is 0 Å². The third-order valence-electron chi connectivity index (χ3n) is 3.35. The van der Waals surface area contributed by atoms with Gasteiger partial charge in [-0.05, 0) is 37.3 Å². The Balaban J connectivity index is 1.95. The molecule has 2 rings (SSSR count). The molecule has 0 heterocycles. The van der Waals surface area contributed by atoms with Gasteiger partial charge in [-0.1, -0.05) is 31.0 Å². The summed E-state index contributed by atoms with van der Waals surface area (Å²) in [5, 5.41) is 10.1. The molecule has 1 fully saturated rings. The quantitative estimate of drug-likeness (QED) is 0.809. The van der Waals surface area contributed by atoms with Gasteiger partial charge in [-0.3, -0.25) is 0 Å². The van der Waals surface area contributed by atoms with Crippen molar-refractivity contribution in [2.24, 2.45) is 0 Å². The Bertz CT molecular complexity index is 329. The minimum absolute atomic E-state index is 0.154. The van der Waals surface area contributed by atoms with Crippen molar-refractivity contribution in [1.82, 2.24) is 0 Å². The van der Waals surface area contributed by atoms with Crippen LogP contribution in [-0.4, -0.2) is 10.7 Å². The van der Waals surface area contributed by atoms with Gasteiger partial charge in [0.2, 0.25) is 0 Å². The highest BCUT2D eigenvalue weighted by Gasteiger charge is 2.30. The van der Waals surface area contributed by atoms with Crippen molar-refractivity contribution < 1.29 is 9.50 Å². The molecule has 2 heteroatoms. The SMILES string of the molecule is OC1(CCc2ccccc2F)CCCC1. The van der Waals surface area contributed by atoms with Crippen LogP contribution in [-0.2, 0) is 6.42 Å². The van der Waals surface area contributed by atoms with Crippen LogP contribution in [0.5, 0.6) is 0 Å². The first-order valence-corrected chi connectivity index (χ1v) is 5.65. The van der Waals surface area contributed by atoms with Crippen LogP contribution in [0.25, 0.3) is 0 Å². The molecule has 0 amide bonds. The zero-order valence-electron chi connectivity index (χ0n) is 8.88. The fourth-order valence-electron chi connectivity index (χ4n) is 2.35. The van der Waals surface area contributed by atoms with Crippen molar-refractivity contribution in [3.05, 3.63) is 35.6 Å². The molecular weight excluding hydrogens is 191 g/mol. The summed E-state index contributed by atoms with van der Waals surface area (Å²) < 4.78 is 13.3. The average molecular weight is 208 g/mol. The van der Waals surface area contributed by atoms with Crippen molar-refractivity contribution in [3.63, 3.8) is 0 Å². The van der Waals surface area contributed by atoms with Gasteiger partial charge < -0.3 is 5.11 Å². The highest BCUT2D eigenvalue weighted by atomic mass is 19.1. The molecule has 0 spiro atoms. The Labute approximate surface area is 89.9 Å². The van der Waals surface area contributed by atoms with Crippen LogP contribution in [0.3, 0.4) is 0 Å². The number of hydrogen-bond acceptors (Lipinski definition) is 1. The van der Waals surface area contributed by atoms with Crippen molar-refractivity contribution in [2.45, 2.75) is 44.1 Å². The molecule has 0 bridgehead atoms. The largest absolute Gasteiger partial charge is 0.390 e. The van der Waals surface area contributed by atoms with Gasteiger partial charge >= 0.3 is 0 Å². The molecule has 0 atom stereocenters. The first-order chi connectivity index (χ1) is 7.20. The maximum Gasteiger partial charge on any atom is 0.126 e. The van der Waals surface area contributed by atoms with E-state index < -0.39 is 5.60 Å². The summed E-state index contributed by atoms with van der Waals surface area (Å²) in [5.41, 5.74) is 0.195. The number of hydrogen-bond donors (Lipinski definition) is 1. The Morgan fingerprint density at radius 1 is 1.20 bits per heavy atom. The third kappa shape index (κ3) is 2.57. The molecule has 0 radical (unpaired) electrons. The van der Waals surface area contributed by atoms with Crippen LogP contribution >= 0.6 is 0 Å². The Hall–Kier alpha value is -0.890. The highest BCUT2D eigenvalue weighted by molar-refractivity contribution is 5.17. The standard InChI is InChI=1S/C13H17FO/c14-12-6-2-1-5-11(12)7-10-13(15)8-3-4-9-13/h1-2,5-6,15H,3-4,7-10H2. The van der Waals surface area contributed by atoms with E-state index >= 15 is 0 Å². The topological polar surface area (TPSA) is 20.2 Å². The predicted octanol–water partition coefficient (Wildman–Crippen LogP) is 3.06. The van der Waals surface area contributed by atoms with Crippen molar-refractivity contribution >= 4 is 0 Å². The number of halogens is 1. The van der Waals surface area contributed by atoms with Gasteiger partial charge in [0.25, 0.3) is 0 Å². The van der Waals surface area contributed by atoms with E-state index in [9.17, 15) is 9.50 Å². The van der Waals surface area contributed by atoms with E-state index in [0.717, 1.165) is 31.2 Å². The number of aryl methyl sites for hydroxylation is 1. The van der Waals surface area contributed by atoms with E-state index in [1.807, 2.05) is 6.07 Å². The highest BCUT2D eigenvalue weighted by Crippen LogP contribution is 2.33. The lowest BCUT2D eigenvalue weighted by molar-refractivity contribution is 0.0389. The minimum atomic E-state index is -0.526. The Morgan fingerprint density at radius 2 is 1.87 bits per heavy atom. The summed E-state index contributed by atoms with van der Waals surface area (Å²) in [6.45, 7) is 0. The summed E-state index contributed by atoms with van der Waals surface area (Å²) in [6, 6.07) is 6.82. The van der Waals surface area contributed by atoms with Gasteiger partial charge in [0.15, 0.2) is 0 Å². The van der Waals surface area contributed by atoms with E-state index in [0.29, 0.717) is 12.8 Å². The molecule has 1 aromatic rings. The lowest BCUT2D eigenvalue weighted by atomic mass is 9.93. The molecule has 1 aliphatic carbocycles. The van der Waals surface area contributed by atoms with Gasteiger partial charge in [-0.2, -0.15) is 0 Å². The molecule has 82 valence electrons. The van der Waals surface area contributed by atoms with Crippen LogP contribution in [0, 0.1) is 5.82 Å². The molecule has 1 nitrogen and oxygen atoms in total. The molecule has 1 N–H and O–H groups in total. The number of rotatable bonds is 3. The molecular formula is C13H17FO. The third-order valence-corrected chi connectivity index (χ3v) is 3.35. The summed E-state index contributed by atoms with van der Waals surface area (Å²) in [7, 11) is 0. The molecule has 1 aromatic carbocycles.